The van der Waals surface area contributed by atoms with Gasteiger partial charge in [-0.1, -0.05) is 319 Å². The normalized spacial score (nSPS) is 11.8. The van der Waals surface area contributed by atoms with E-state index in [1.54, 1.807) is 0 Å². The van der Waals surface area contributed by atoms with Gasteiger partial charge in [-0.15, -0.1) is 0 Å². The zero-order valence-electron chi connectivity index (χ0n) is 60.5. The molecule has 0 spiro atoms. The van der Waals surface area contributed by atoms with Gasteiger partial charge in [0.25, 0.3) is 11.9 Å². The fourth-order valence-electron chi connectivity index (χ4n) is 9.89. The van der Waals surface area contributed by atoms with Crippen LogP contribution in [-0.4, -0.2) is 22.2 Å². The van der Waals surface area contributed by atoms with E-state index < -0.39 is 11.9 Å². The minimum absolute atomic E-state index is 0. The summed E-state index contributed by atoms with van der Waals surface area (Å²) in [6, 6.07) is 62.0. The molecule has 0 unspecified atom stereocenters. The van der Waals surface area contributed by atoms with E-state index in [1.807, 2.05) is 0 Å². The lowest BCUT2D eigenvalue weighted by molar-refractivity contribution is -0.135. The van der Waals surface area contributed by atoms with Gasteiger partial charge >= 0.3 is 0 Å². The summed E-state index contributed by atoms with van der Waals surface area (Å²) in [7, 11) is 0. The van der Waals surface area contributed by atoms with Crippen molar-refractivity contribution in [1.29, 1.82) is 0 Å². The molecule has 0 atom stereocenters. The molecule has 0 amide bonds. The summed E-state index contributed by atoms with van der Waals surface area (Å²) in [4.78, 5) is 18.0. The van der Waals surface area contributed by atoms with Crippen LogP contribution in [0.2, 0.25) is 0 Å². The average molecular weight is 1230 g/mol. The largest absolute Gasteiger partial charge is 0.481 e. The molecule has 5 heteroatoms. The van der Waals surface area contributed by atoms with Crippen LogP contribution in [0.15, 0.2) is 170 Å². The van der Waals surface area contributed by atoms with Crippen LogP contribution in [0, 0.1) is 32.5 Å². The van der Waals surface area contributed by atoms with E-state index >= 15 is 0 Å². The third kappa shape index (κ3) is 38.1. The Labute approximate surface area is 551 Å². The number of carbonyl (C=O) groups is 2. The number of benzene rings is 7. The molecule has 494 valence electrons. The second-order valence-electron chi connectivity index (χ2n) is 33.7. The van der Waals surface area contributed by atoms with Gasteiger partial charge in [0.15, 0.2) is 0 Å². The fraction of sp³-hybridized carbons (Fsp3) is 0.482. The molecule has 5 nitrogen and oxygen atoms in total. The van der Waals surface area contributed by atoms with E-state index in [-0.39, 0.29) is 18.3 Å². The second-order valence-corrected chi connectivity index (χ2v) is 33.7. The van der Waals surface area contributed by atoms with Crippen molar-refractivity contribution in [3.05, 3.63) is 214 Å². The number of aliphatic carboxylic acids is 2. The van der Waals surface area contributed by atoms with Crippen LogP contribution in [0.4, 0.5) is 0 Å². The SMILES string of the molecule is C.CC(=O)O.CC(=O)O.CC(C)(C)Cc1ccc(-c2ccc(CC(C)(C)C)cc2)cc1.CC(C)(C)Cc1ccc(CC(C)(C)C)cc1.CC(C)(C)Cc1ccc(Oc2ccc(CC(C)(C)C)cc2)cc1.CC(C)(C)c1ccc(-c2ccc(C(C)(C)C)cc2)cc1. The molecule has 7 aromatic carbocycles. The number of hydrogen-bond acceptors (Lipinski definition) is 3. The van der Waals surface area contributed by atoms with E-state index in [1.165, 1.54) is 66.8 Å². The van der Waals surface area contributed by atoms with Crippen LogP contribution in [0.1, 0.15) is 232 Å². The molecular formula is C85H124O5. The number of rotatable bonds is 10. The standard InChI is InChI=1S/C22H30O.C22H30.C20H26.C16H26.2C2H4O2.CH4/c1-21(2,3)15-17-7-11-19(12-8-17)23-20-13-9-18(10-14-20)16-22(4,5)6;1-21(2,3)15-17-7-11-19(12-8-17)20-13-9-18(10-14-20)16-22(4,5)6;1-19(2,3)17-11-7-15(8-12-17)16-9-13-18(14-10-16)20(4,5)6;1-15(2,3)11-13-7-9-14(10-8-13)12-16(4,5)6;2*1-2(3)4;/h7-14H,15-16H2,1-6H3;7-14H,15-16H2,1-6H3;7-14H,1-6H3;7-10H,11-12H2,1-6H3;2*1H3,(H,3,4);1H4. The van der Waals surface area contributed by atoms with Gasteiger partial charge in [-0.2, -0.15) is 0 Å². The summed E-state index contributed by atoms with van der Waals surface area (Å²) < 4.78 is 5.95. The molecular weight excluding hydrogens is 1100 g/mol. The molecule has 0 aromatic heterocycles. The Morgan fingerprint density at radius 2 is 0.400 bits per heavy atom. The summed E-state index contributed by atoms with van der Waals surface area (Å²) in [5.74, 6) is 0.123. The summed E-state index contributed by atoms with van der Waals surface area (Å²) >= 11 is 0. The van der Waals surface area contributed by atoms with Crippen molar-refractivity contribution in [3.8, 4) is 33.8 Å². The second kappa shape index (κ2) is 35.2. The number of carboxylic acids is 2. The fourth-order valence-corrected chi connectivity index (χ4v) is 9.89. The van der Waals surface area contributed by atoms with Crippen LogP contribution >= 0.6 is 0 Å². The molecule has 0 saturated carbocycles. The van der Waals surface area contributed by atoms with Gasteiger partial charge in [0.2, 0.25) is 0 Å². The smallest absolute Gasteiger partial charge is 0.300 e. The van der Waals surface area contributed by atoms with E-state index in [2.05, 4.69) is 336 Å². The summed E-state index contributed by atoms with van der Waals surface area (Å²) in [6.45, 7) is 56.7. The molecule has 2 N–H and O–H groups in total. The van der Waals surface area contributed by atoms with Gasteiger partial charge in [-0.05, 0) is 173 Å². The lowest BCUT2D eigenvalue weighted by Crippen LogP contribution is -2.10. The van der Waals surface area contributed by atoms with Gasteiger partial charge in [0.1, 0.15) is 11.5 Å². The third-order valence-corrected chi connectivity index (χ3v) is 13.6. The van der Waals surface area contributed by atoms with Crippen molar-refractivity contribution in [2.45, 2.75) is 237 Å². The Morgan fingerprint density at radius 1 is 0.267 bits per heavy atom. The maximum absolute atomic E-state index is 9.00. The maximum Gasteiger partial charge on any atom is 0.300 e. The summed E-state index contributed by atoms with van der Waals surface area (Å²) in [5, 5.41) is 14.8. The Balaban J connectivity index is 0.000000577. The molecule has 0 bridgehead atoms. The van der Waals surface area contributed by atoms with Crippen molar-refractivity contribution < 1.29 is 24.5 Å². The molecule has 0 radical (unpaired) electrons. The van der Waals surface area contributed by atoms with Gasteiger partial charge in [0, 0.05) is 13.8 Å². The summed E-state index contributed by atoms with van der Waals surface area (Å²) in [6.07, 6.45) is 6.71. The molecule has 90 heavy (non-hydrogen) atoms. The maximum atomic E-state index is 9.00. The molecule has 0 heterocycles. The number of ether oxygens (including phenoxy) is 1. The van der Waals surface area contributed by atoms with Crippen LogP contribution in [0.25, 0.3) is 22.3 Å². The zero-order chi connectivity index (χ0) is 68.0. The number of hydrogen-bond donors (Lipinski definition) is 2. The Hall–Kier alpha value is -6.72. The first-order valence-electron chi connectivity index (χ1n) is 32.3. The molecule has 0 aliphatic heterocycles. The van der Waals surface area contributed by atoms with Crippen molar-refractivity contribution >= 4 is 11.9 Å². The van der Waals surface area contributed by atoms with Crippen LogP contribution in [0.3, 0.4) is 0 Å². The average Bonchev–Trinajstić information content (AvgIpc) is 1.59. The topological polar surface area (TPSA) is 83.8 Å². The number of carboxylic acid groups (broad SMARTS) is 2. The molecule has 0 aliphatic carbocycles. The van der Waals surface area contributed by atoms with Gasteiger partial charge in [-0.25, -0.2) is 0 Å². The van der Waals surface area contributed by atoms with Crippen molar-refractivity contribution in [3.63, 3.8) is 0 Å². The highest BCUT2D eigenvalue weighted by Gasteiger charge is 2.18. The lowest BCUT2D eigenvalue weighted by atomic mass is 9.85. The predicted molar refractivity (Wildman–Crippen MR) is 393 cm³/mol. The first-order valence-corrected chi connectivity index (χ1v) is 32.3. The Morgan fingerprint density at radius 3 is 0.544 bits per heavy atom. The highest BCUT2D eigenvalue weighted by Crippen LogP contribution is 2.32. The summed E-state index contributed by atoms with van der Waals surface area (Å²) in [5.41, 5.74) is 18.9. The quantitative estimate of drug-likeness (QED) is 0.143. The monoisotopic (exact) mass is 1220 g/mol. The van der Waals surface area contributed by atoms with Crippen molar-refractivity contribution in [2.75, 3.05) is 0 Å². The molecule has 7 aromatic rings. The molecule has 0 fully saturated rings. The minimum Gasteiger partial charge on any atom is -0.481 e. The molecule has 0 aliphatic rings. The van der Waals surface area contributed by atoms with Crippen LogP contribution < -0.4 is 4.74 Å². The van der Waals surface area contributed by atoms with Crippen molar-refractivity contribution in [2.24, 2.45) is 32.5 Å². The highest BCUT2D eigenvalue weighted by molar-refractivity contribution is 5.65. The van der Waals surface area contributed by atoms with Crippen LogP contribution in [0.5, 0.6) is 11.5 Å². The molecule has 0 saturated heterocycles. The first kappa shape index (κ1) is 81.3. The minimum atomic E-state index is -0.833. The first-order chi connectivity index (χ1) is 40.5. The van der Waals surface area contributed by atoms with Gasteiger partial charge in [-0.3, -0.25) is 9.59 Å². The third-order valence-electron chi connectivity index (χ3n) is 13.6. The van der Waals surface area contributed by atoms with E-state index in [0.29, 0.717) is 32.5 Å². The lowest BCUT2D eigenvalue weighted by Gasteiger charge is -2.20. The van der Waals surface area contributed by atoms with E-state index in [4.69, 9.17) is 24.5 Å². The predicted octanol–water partition coefficient (Wildman–Crippen LogP) is 24.8. The Bertz CT molecular complexity index is 2890. The van der Waals surface area contributed by atoms with E-state index in [9.17, 15) is 0 Å². The van der Waals surface area contributed by atoms with E-state index in [0.717, 1.165) is 63.9 Å². The molecule has 7 rings (SSSR count). The van der Waals surface area contributed by atoms with Crippen molar-refractivity contribution in [1.82, 2.24) is 0 Å². The zero-order valence-corrected chi connectivity index (χ0v) is 60.5. The van der Waals surface area contributed by atoms with Crippen LogP contribution in [-0.2, 0) is 58.9 Å². The van der Waals surface area contributed by atoms with Gasteiger partial charge < -0.3 is 14.9 Å². The van der Waals surface area contributed by atoms with Gasteiger partial charge in [0.05, 0.1) is 0 Å². The Kier molecular flexibility index (Phi) is 31.8. The highest BCUT2D eigenvalue weighted by atomic mass is 16.5.